The van der Waals surface area contributed by atoms with Crippen LogP contribution >= 0.6 is 11.8 Å². The van der Waals surface area contributed by atoms with E-state index in [1.807, 2.05) is 6.26 Å². The number of thioether (sulfide) groups is 1. The van der Waals surface area contributed by atoms with Crippen molar-refractivity contribution in [1.82, 2.24) is 10.2 Å². The van der Waals surface area contributed by atoms with Gasteiger partial charge < -0.3 is 9.73 Å². The molecule has 1 aliphatic heterocycles. The van der Waals surface area contributed by atoms with Crippen LogP contribution in [-0.2, 0) is 13.1 Å². The third-order valence-corrected chi connectivity index (χ3v) is 4.37. The molecule has 108 valence electrons. The van der Waals surface area contributed by atoms with E-state index in [2.05, 4.69) is 55.7 Å². The van der Waals surface area contributed by atoms with Crippen LogP contribution in [0.1, 0.15) is 39.0 Å². The van der Waals surface area contributed by atoms with Gasteiger partial charge in [-0.25, -0.2) is 0 Å². The predicted octanol–water partition coefficient (Wildman–Crippen LogP) is 3.11. The summed E-state index contributed by atoms with van der Waals surface area (Å²) in [5.41, 5.74) is 1.39. The number of nitrogens with zero attached hydrogens (tertiary/aromatic N) is 1. The lowest BCUT2D eigenvalue weighted by molar-refractivity contribution is 0.254. The van der Waals surface area contributed by atoms with Crippen LogP contribution in [0.5, 0.6) is 0 Å². The molecule has 0 radical (unpaired) electrons. The van der Waals surface area contributed by atoms with Crippen molar-refractivity contribution < 1.29 is 4.42 Å². The summed E-state index contributed by atoms with van der Waals surface area (Å²) in [5, 5.41) is 4.23. The van der Waals surface area contributed by atoms with Gasteiger partial charge in [-0.05, 0) is 26.8 Å². The van der Waals surface area contributed by atoms with Crippen LogP contribution in [-0.4, -0.2) is 34.5 Å². The van der Waals surface area contributed by atoms with Crippen LogP contribution in [0.4, 0.5) is 0 Å². The average molecular weight is 282 g/mol. The zero-order chi connectivity index (χ0) is 13.9. The van der Waals surface area contributed by atoms with Gasteiger partial charge in [-0.15, -0.1) is 0 Å². The highest BCUT2D eigenvalue weighted by molar-refractivity contribution is 7.99. The van der Waals surface area contributed by atoms with Crippen LogP contribution in [0.2, 0.25) is 0 Å². The zero-order valence-electron chi connectivity index (χ0n) is 12.5. The number of hydrogen-bond acceptors (Lipinski definition) is 4. The van der Waals surface area contributed by atoms with Gasteiger partial charge in [-0.1, -0.05) is 6.92 Å². The third kappa shape index (κ3) is 5.21. The van der Waals surface area contributed by atoms with Crippen molar-refractivity contribution in [1.29, 1.82) is 0 Å². The molecule has 2 heterocycles. The van der Waals surface area contributed by atoms with E-state index in [4.69, 9.17) is 4.42 Å². The molecule has 1 unspecified atom stereocenters. The minimum atomic E-state index is 0.150. The maximum Gasteiger partial charge on any atom is 0.118 e. The second-order valence-corrected chi connectivity index (χ2v) is 7.99. The van der Waals surface area contributed by atoms with E-state index >= 15 is 0 Å². The van der Waals surface area contributed by atoms with Gasteiger partial charge in [0.1, 0.15) is 5.76 Å². The molecule has 19 heavy (non-hydrogen) atoms. The SMILES string of the molecule is CC1CN(Cc2cc(CNC(C)(C)C)co2)CCS1. The standard InChI is InChI=1S/C15H26N2OS/c1-12-9-17(5-6-19-12)10-14-7-13(11-18-14)8-16-15(2,3)4/h7,11-12,16H,5-6,8-10H2,1-4H3. The fourth-order valence-electron chi connectivity index (χ4n) is 2.22. The van der Waals surface area contributed by atoms with Gasteiger partial charge in [-0.3, -0.25) is 4.90 Å². The van der Waals surface area contributed by atoms with Gasteiger partial charge in [0.2, 0.25) is 0 Å². The monoisotopic (exact) mass is 282 g/mol. The summed E-state index contributed by atoms with van der Waals surface area (Å²) >= 11 is 2.07. The van der Waals surface area contributed by atoms with E-state index in [1.165, 1.54) is 24.4 Å². The fraction of sp³-hybridized carbons (Fsp3) is 0.733. The molecule has 4 heteroatoms. The summed E-state index contributed by atoms with van der Waals surface area (Å²) < 4.78 is 5.68. The topological polar surface area (TPSA) is 28.4 Å². The Kier molecular flexibility index (Phi) is 4.98. The number of nitrogens with one attached hydrogen (secondary N) is 1. The van der Waals surface area contributed by atoms with Crippen molar-refractivity contribution in [3.05, 3.63) is 23.7 Å². The second-order valence-electron chi connectivity index (χ2n) is 6.44. The minimum absolute atomic E-state index is 0.150. The molecule has 1 aromatic heterocycles. The Bertz CT molecular complexity index is 397. The van der Waals surface area contributed by atoms with E-state index < -0.39 is 0 Å². The molecular formula is C15H26N2OS. The second kappa shape index (κ2) is 6.33. The lowest BCUT2D eigenvalue weighted by Crippen LogP contribution is -2.36. The largest absolute Gasteiger partial charge is 0.468 e. The van der Waals surface area contributed by atoms with Crippen molar-refractivity contribution in [2.75, 3.05) is 18.8 Å². The van der Waals surface area contributed by atoms with Gasteiger partial charge >= 0.3 is 0 Å². The molecule has 1 aromatic rings. The first-order chi connectivity index (χ1) is 8.92. The van der Waals surface area contributed by atoms with Crippen LogP contribution in [0, 0.1) is 0 Å². The highest BCUT2D eigenvalue weighted by atomic mass is 32.2. The lowest BCUT2D eigenvalue weighted by atomic mass is 10.1. The fourth-order valence-corrected chi connectivity index (χ4v) is 3.31. The Hall–Kier alpha value is -0.450. The normalized spacial score (nSPS) is 21.8. The predicted molar refractivity (Wildman–Crippen MR) is 82.5 cm³/mol. The summed E-state index contributed by atoms with van der Waals surface area (Å²) in [5.74, 6) is 2.32. The summed E-state index contributed by atoms with van der Waals surface area (Å²) in [6, 6.07) is 2.19. The highest BCUT2D eigenvalue weighted by Crippen LogP contribution is 2.20. The molecule has 0 aliphatic carbocycles. The Morgan fingerprint density at radius 3 is 2.95 bits per heavy atom. The number of rotatable bonds is 4. The molecule has 1 fully saturated rings. The van der Waals surface area contributed by atoms with E-state index in [0.717, 1.165) is 24.1 Å². The van der Waals surface area contributed by atoms with E-state index in [-0.39, 0.29) is 5.54 Å². The first kappa shape index (κ1) is 14.9. The molecule has 1 aliphatic rings. The summed E-state index contributed by atoms with van der Waals surface area (Å²) in [7, 11) is 0. The number of hydrogen-bond donors (Lipinski definition) is 1. The quantitative estimate of drug-likeness (QED) is 0.918. The third-order valence-electron chi connectivity index (χ3n) is 3.24. The van der Waals surface area contributed by atoms with Crippen LogP contribution < -0.4 is 5.32 Å². The van der Waals surface area contributed by atoms with E-state index in [9.17, 15) is 0 Å². The molecule has 1 saturated heterocycles. The van der Waals surface area contributed by atoms with Gasteiger partial charge in [0.15, 0.2) is 0 Å². The van der Waals surface area contributed by atoms with Crippen molar-refractivity contribution >= 4 is 11.8 Å². The number of furan rings is 1. The molecule has 3 nitrogen and oxygen atoms in total. The lowest BCUT2D eigenvalue weighted by Gasteiger charge is -2.29. The molecule has 0 amide bonds. The molecule has 0 spiro atoms. The zero-order valence-corrected chi connectivity index (χ0v) is 13.3. The van der Waals surface area contributed by atoms with Crippen molar-refractivity contribution in [2.24, 2.45) is 0 Å². The smallest absolute Gasteiger partial charge is 0.118 e. The Balaban J connectivity index is 1.83. The molecule has 0 saturated carbocycles. The molecule has 2 rings (SSSR count). The average Bonchev–Trinajstić information content (AvgIpc) is 2.73. The molecule has 1 atom stereocenters. The minimum Gasteiger partial charge on any atom is -0.468 e. The van der Waals surface area contributed by atoms with Gasteiger partial charge in [-0.2, -0.15) is 11.8 Å². The molecule has 0 aromatic carbocycles. The van der Waals surface area contributed by atoms with Crippen LogP contribution in [0.15, 0.2) is 16.7 Å². The van der Waals surface area contributed by atoms with Gasteiger partial charge in [0, 0.05) is 41.7 Å². The van der Waals surface area contributed by atoms with Crippen LogP contribution in [0.3, 0.4) is 0 Å². The van der Waals surface area contributed by atoms with Gasteiger partial charge in [0.25, 0.3) is 0 Å². The molecule has 1 N–H and O–H groups in total. The van der Waals surface area contributed by atoms with Crippen molar-refractivity contribution in [3.63, 3.8) is 0 Å². The first-order valence-corrected chi connectivity index (χ1v) is 8.12. The molecule has 0 bridgehead atoms. The summed E-state index contributed by atoms with van der Waals surface area (Å²) in [6.45, 7) is 13.0. The maximum atomic E-state index is 5.68. The summed E-state index contributed by atoms with van der Waals surface area (Å²) in [6.07, 6.45) is 1.89. The van der Waals surface area contributed by atoms with E-state index in [0.29, 0.717) is 0 Å². The Morgan fingerprint density at radius 2 is 2.26 bits per heavy atom. The van der Waals surface area contributed by atoms with Crippen molar-refractivity contribution in [2.45, 2.75) is 51.6 Å². The van der Waals surface area contributed by atoms with Crippen molar-refractivity contribution in [3.8, 4) is 0 Å². The molecular weight excluding hydrogens is 256 g/mol. The maximum absolute atomic E-state index is 5.68. The highest BCUT2D eigenvalue weighted by Gasteiger charge is 2.18. The summed E-state index contributed by atoms with van der Waals surface area (Å²) in [4.78, 5) is 2.49. The Morgan fingerprint density at radius 1 is 1.47 bits per heavy atom. The van der Waals surface area contributed by atoms with Gasteiger partial charge in [0.05, 0.1) is 12.8 Å². The first-order valence-electron chi connectivity index (χ1n) is 7.08. The Labute approximate surface area is 121 Å². The van der Waals surface area contributed by atoms with E-state index in [1.54, 1.807) is 0 Å². The van der Waals surface area contributed by atoms with Crippen LogP contribution in [0.25, 0.3) is 0 Å².